The first-order chi connectivity index (χ1) is 9.08. The normalized spacial score (nSPS) is 23.1. The van der Waals surface area contributed by atoms with E-state index in [2.05, 4.69) is 4.98 Å². The molecular weight excluding hydrogens is 251 g/mol. The Hall–Kier alpha value is -2.10. The molecule has 96 valence electrons. The van der Waals surface area contributed by atoms with Crippen LogP contribution >= 0.6 is 0 Å². The molecule has 4 heteroatoms. The second-order valence-corrected chi connectivity index (χ2v) is 4.51. The minimum absolute atomic E-state index is 0.0881. The van der Waals surface area contributed by atoms with E-state index in [-0.39, 0.29) is 5.69 Å². The number of alkyl halides is 1. The highest BCUT2D eigenvalue weighted by molar-refractivity contribution is 5.78. The molecule has 2 aromatic rings. The number of nitrogens with zero attached hydrogens (tertiary/aromatic N) is 1. The van der Waals surface area contributed by atoms with Gasteiger partial charge in [0.1, 0.15) is 5.83 Å². The van der Waals surface area contributed by atoms with Crippen molar-refractivity contribution in [3.63, 3.8) is 0 Å². The van der Waals surface area contributed by atoms with Gasteiger partial charge in [-0.2, -0.15) is 0 Å². The summed E-state index contributed by atoms with van der Waals surface area (Å²) in [6, 6.07) is 10.5. The summed E-state index contributed by atoms with van der Waals surface area (Å²) in [5.74, 6) is -2.10. The average molecular weight is 261 g/mol. The smallest absolute Gasteiger partial charge is 0.177 e. The van der Waals surface area contributed by atoms with Crippen molar-refractivity contribution in [2.45, 2.75) is 12.1 Å². The van der Waals surface area contributed by atoms with Crippen LogP contribution in [0.1, 0.15) is 12.1 Å². The number of hydrogen-bond acceptors (Lipinski definition) is 1. The van der Waals surface area contributed by atoms with Crippen LogP contribution in [0.4, 0.5) is 13.2 Å². The van der Waals surface area contributed by atoms with E-state index in [1.54, 1.807) is 18.2 Å². The van der Waals surface area contributed by atoms with E-state index in [1.165, 1.54) is 6.07 Å². The fourth-order valence-corrected chi connectivity index (χ4v) is 2.14. The fraction of sp³-hybridized carbons (Fsp3) is 0.133. The summed E-state index contributed by atoms with van der Waals surface area (Å²) in [5, 5.41) is 0.872. The van der Waals surface area contributed by atoms with E-state index in [0.717, 1.165) is 17.5 Å². The molecule has 3 rings (SSSR count). The van der Waals surface area contributed by atoms with Crippen molar-refractivity contribution in [1.82, 2.24) is 4.98 Å². The molecule has 1 heterocycles. The lowest BCUT2D eigenvalue weighted by atomic mass is 9.91. The zero-order valence-electron chi connectivity index (χ0n) is 9.91. The first-order valence-electron chi connectivity index (χ1n) is 5.87. The minimum atomic E-state index is -2.09. The molecule has 1 aromatic heterocycles. The molecule has 0 fully saturated rings. The Labute approximate surface area is 108 Å². The number of benzene rings is 1. The van der Waals surface area contributed by atoms with Gasteiger partial charge in [0.15, 0.2) is 11.5 Å². The molecule has 1 aromatic carbocycles. The SMILES string of the molecule is FC1=C(F)CC(F)(c2ccc3ccccc3n2)C=C1. The van der Waals surface area contributed by atoms with Crippen LogP contribution in [0, 0.1) is 0 Å². The van der Waals surface area contributed by atoms with E-state index in [4.69, 9.17) is 0 Å². The molecule has 1 nitrogen and oxygen atoms in total. The van der Waals surface area contributed by atoms with Gasteiger partial charge in [0.05, 0.1) is 11.2 Å². The molecule has 0 bridgehead atoms. The van der Waals surface area contributed by atoms with E-state index in [0.29, 0.717) is 5.52 Å². The first kappa shape index (κ1) is 12.0. The van der Waals surface area contributed by atoms with E-state index < -0.39 is 23.7 Å². The number of aromatic nitrogens is 1. The van der Waals surface area contributed by atoms with Crippen LogP contribution in [0.2, 0.25) is 0 Å². The molecule has 1 atom stereocenters. The van der Waals surface area contributed by atoms with Gasteiger partial charge in [-0.15, -0.1) is 0 Å². The van der Waals surface area contributed by atoms with Crippen LogP contribution in [0.3, 0.4) is 0 Å². The number of rotatable bonds is 1. The molecule has 19 heavy (non-hydrogen) atoms. The highest BCUT2D eigenvalue weighted by atomic mass is 19.2. The van der Waals surface area contributed by atoms with Gasteiger partial charge in [-0.05, 0) is 24.3 Å². The van der Waals surface area contributed by atoms with Gasteiger partial charge < -0.3 is 0 Å². The number of allylic oxidation sites excluding steroid dienone is 4. The highest BCUT2D eigenvalue weighted by Gasteiger charge is 2.36. The van der Waals surface area contributed by atoms with Crippen LogP contribution in [-0.4, -0.2) is 4.98 Å². The Kier molecular flexibility index (Phi) is 2.66. The van der Waals surface area contributed by atoms with Gasteiger partial charge in [0.25, 0.3) is 0 Å². The van der Waals surface area contributed by atoms with E-state index in [9.17, 15) is 13.2 Å². The summed E-state index contributed by atoms with van der Waals surface area (Å²) in [5.41, 5.74) is -1.38. The molecule has 0 amide bonds. The van der Waals surface area contributed by atoms with Crippen molar-refractivity contribution in [3.8, 4) is 0 Å². The van der Waals surface area contributed by atoms with Gasteiger partial charge in [0, 0.05) is 11.8 Å². The summed E-state index contributed by atoms with van der Waals surface area (Å²) in [4.78, 5) is 4.19. The summed E-state index contributed by atoms with van der Waals surface area (Å²) < 4.78 is 40.8. The Balaban J connectivity index is 2.07. The number of halogens is 3. The Morgan fingerprint density at radius 3 is 2.63 bits per heavy atom. The van der Waals surface area contributed by atoms with Crippen molar-refractivity contribution in [2.24, 2.45) is 0 Å². The Morgan fingerprint density at radius 2 is 1.84 bits per heavy atom. The zero-order chi connectivity index (χ0) is 13.5. The second-order valence-electron chi connectivity index (χ2n) is 4.51. The van der Waals surface area contributed by atoms with Crippen LogP contribution in [0.5, 0.6) is 0 Å². The molecule has 0 saturated heterocycles. The molecule has 1 aliphatic rings. The molecule has 0 saturated carbocycles. The molecule has 1 aliphatic carbocycles. The Bertz CT molecular complexity index is 705. The van der Waals surface area contributed by atoms with Crippen molar-refractivity contribution in [1.29, 1.82) is 0 Å². The molecular formula is C15H10F3N. The maximum atomic E-state index is 14.7. The van der Waals surface area contributed by atoms with Gasteiger partial charge >= 0.3 is 0 Å². The molecule has 0 aliphatic heterocycles. The largest absolute Gasteiger partial charge is 0.249 e. The lowest BCUT2D eigenvalue weighted by molar-refractivity contribution is 0.206. The van der Waals surface area contributed by atoms with Gasteiger partial charge in [-0.3, -0.25) is 0 Å². The monoisotopic (exact) mass is 261 g/mol. The van der Waals surface area contributed by atoms with E-state index >= 15 is 0 Å². The quantitative estimate of drug-likeness (QED) is 0.736. The minimum Gasteiger partial charge on any atom is -0.249 e. The predicted molar refractivity (Wildman–Crippen MR) is 67.5 cm³/mol. The number of pyridine rings is 1. The fourth-order valence-electron chi connectivity index (χ4n) is 2.14. The van der Waals surface area contributed by atoms with Crippen molar-refractivity contribution in [3.05, 3.63) is 65.9 Å². The van der Waals surface area contributed by atoms with Crippen LogP contribution < -0.4 is 0 Å². The van der Waals surface area contributed by atoms with Crippen LogP contribution in [0.15, 0.2) is 60.2 Å². The van der Waals surface area contributed by atoms with Crippen molar-refractivity contribution < 1.29 is 13.2 Å². The van der Waals surface area contributed by atoms with Gasteiger partial charge in [0.2, 0.25) is 0 Å². The topological polar surface area (TPSA) is 12.9 Å². The molecule has 0 N–H and O–H groups in total. The van der Waals surface area contributed by atoms with Crippen molar-refractivity contribution in [2.75, 3.05) is 0 Å². The van der Waals surface area contributed by atoms with Crippen molar-refractivity contribution >= 4 is 10.9 Å². The molecule has 0 spiro atoms. The first-order valence-corrected chi connectivity index (χ1v) is 5.87. The Morgan fingerprint density at radius 1 is 1.05 bits per heavy atom. The lowest BCUT2D eigenvalue weighted by Crippen LogP contribution is -2.21. The van der Waals surface area contributed by atoms with Crippen LogP contribution in [0.25, 0.3) is 10.9 Å². The molecule has 0 radical (unpaired) electrons. The van der Waals surface area contributed by atoms with Crippen LogP contribution in [-0.2, 0) is 5.67 Å². The van der Waals surface area contributed by atoms with E-state index in [1.807, 2.05) is 12.1 Å². The second kappa shape index (κ2) is 4.23. The average Bonchev–Trinajstić information content (AvgIpc) is 2.43. The zero-order valence-corrected chi connectivity index (χ0v) is 9.91. The number of para-hydroxylation sites is 1. The maximum absolute atomic E-state index is 14.7. The lowest BCUT2D eigenvalue weighted by Gasteiger charge is -2.23. The van der Waals surface area contributed by atoms with Gasteiger partial charge in [-0.25, -0.2) is 18.2 Å². The third-order valence-corrected chi connectivity index (χ3v) is 3.19. The third-order valence-electron chi connectivity index (χ3n) is 3.19. The summed E-state index contributed by atoms with van der Waals surface area (Å²) in [7, 11) is 0. The number of hydrogen-bond donors (Lipinski definition) is 0. The predicted octanol–water partition coefficient (Wildman–Crippen LogP) is 4.51. The maximum Gasteiger partial charge on any atom is 0.177 e. The van der Waals surface area contributed by atoms with Gasteiger partial charge in [-0.1, -0.05) is 24.3 Å². The summed E-state index contributed by atoms with van der Waals surface area (Å²) in [6.45, 7) is 0. The standard InChI is InChI=1S/C15H10F3N/c16-11-7-8-15(18,9-12(11)17)14-6-5-10-3-1-2-4-13(10)19-14/h1-8H,9H2. The summed E-state index contributed by atoms with van der Waals surface area (Å²) in [6.07, 6.45) is 1.18. The molecule has 1 unspecified atom stereocenters. The summed E-state index contributed by atoms with van der Waals surface area (Å²) >= 11 is 0. The third kappa shape index (κ3) is 2.03. The highest BCUT2D eigenvalue weighted by Crippen LogP contribution is 2.39. The number of fused-ring (bicyclic) bond motifs is 1.